The van der Waals surface area contributed by atoms with E-state index in [-0.39, 0.29) is 50.7 Å². The van der Waals surface area contributed by atoms with Crippen molar-refractivity contribution in [2.75, 3.05) is 19.6 Å². The number of rotatable bonds is 35. The van der Waals surface area contributed by atoms with Gasteiger partial charge in [-0.25, -0.2) is 4.79 Å². The van der Waals surface area contributed by atoms with Crippen molar-refractivity contribution < 1.29 is 67.4 Å². The SMILES string of the molecule is CC[C@H](C)[C@H](NC(=O)[C@H](CCCCN)NC(=O)[C@H](CC(N)=O)NC(=O)[C@H](CC(C)C)NC(=O)OC(C)(C)C)C(=O)N[C@H](C(=O)N[C@@H](CCCN=C(N)N)C(=O)N[C@@H](C)C(=O)N[C@@H](C)C(=O)N[C@@H](C)C(=O)NCC(=O)O)C(C)C. The number of alkyl carbamates (subject to hydrolysis) is 1. The van der Waals surface area contributed by atoms with E-state index >= 15 is 0 Å². The van der Waals surface area contributed by atoms with Crippen LogP contribution in [0, 0.1) is 17.8 Å². The molecule has 0 spiro atoms. The second kappa shape index (κ2) is 35.2. The van der Waals surface area contributed by atoms with Gasteiger partial charge in [-0.2, -0.15) is 0 Å². The highest BCUT2D eigenvalue weighted by molar-refractivity contribution is 5.99. The largest absolute Gasteiger partial charge is 0.480 e. The van der Waals surface area contributed by atoms with Crippen molar-refractivity contribution in [3.8, 4) is 0 Å². The van der Waals surface area contributed by atoms with Gasteiger partial charge in [0.2, 0.25) is 59.1 Å². The van der Waals surface area contributed by atoms with Gasteiger partial charge in [0, 0.05) is 6.54 Å². The highest BCUT2D eigenvalue weighted by Gasteiger charge is 2.37. The van der Waals surface area contributed by atoms with Crippen molar-refractivity contribution >= 4 is 77.1 Å². The zero-order valence-corrected chi connectivity index (χ0v) is 47.2. The molecule has 0 aromatic carbocycles. The van der Waals surface area contributed by atoms with Crippen LogP contribution in [0.5, 0.6) is 0 Å². The molecule has 0 rings (SSSR count). The van der Waals surface area contributed by atoms with E-state index in [1.807, 2.05) is 0 Å². The van der Waals surface area contributed by atoms with Crippen LogP contribution in [0.2, 0.25) is 0 Å². The molecule has 0 aromatic heterocycles. The Labute approximate surface area is 456 Å². The third-order valence-corrected chi connectivity index (χ3v) is 11.6. The topological polar surface area (TPSA) is 471 Å². The summed E-state index contributed by atoms with van der Waals surface area (Å²) < 4.78 is 5.31. The first-order chi connectivity index (χ1) is 36.1. The Morgan fingerprint density at radius 3 is 1.46 bits per heavy atom. The Morgan fingerprint density at radius 1 is 0.538 bits per heavy atom. The van der Waals surface area contributed by atoms with Crippen molar-refractivity contribution in [2.24, 2.45) is 45.7 Å². The summed E-state index contributed by atoms with van der Waals surface area (Å²) in [7, 11) is 0. The van der Waals surface area contributed by atoms with Crippen molar-refractivity contribution in [2.45, 2.75) is 194 Å². The van der Waals surface area contributed by atoms with Crippen molar-refractivity contribution in [1.29, 1.82) is 0 Å². The summed E-state index contributed by atoms with van der Waals surface area (Å²) in [6.07, 6.45) is -0.334. The van der Waals surface area contributed by atoms with Crippen LogP contribution in [0.1, 0.15) is 134 Å². The standard InChI is InChI=1S/C49H89N15O14/c1-13-26(6)37(64-42(72)30(17-14-15-19-50)59-44(74)33(22-34(51)65)61-43(73)32(21-24(2)3)62-48(77)78-49(10,11)12)46(76)63-36(25(4)5)45(75)60-31(18-16-20-54-47(52)53)41(71)58-29(9)40(70)57-28(8)39(69)56-27(7)38(68)55-23-35(66)67/h24-33,36-37H,13-23,50H2,1-12H3,(H2,51,65)(H,55,68)(H,56,69)(H,57,70)(H,58,71)(H,59,74)(H,60,75)(H,61,73)(H,62,77)(H,63,76)(H,64,72)(H,66,67)(H4,52,53,54)/t26-,27-,28-,29-,30-,31-,32-,33-,36-,37-/m0/s1. The average molecular weight is 1110 g/mol. The van der Waals surface area contributed by atoms with E-state index in [1.165, 1.54) is 20.8 Å². The van der Waals surface area contributed by atoms with Crippen molar-refractivity contribution in [3.05, 3.63) is 0 Å². The van der Waals surface area contributed by atoms with Crippen LogP contribution >= 0.6 is 0 Å². The predicted octanol–water partition coefficient (Wildman–Crippen LogP) is -3.18. The van der Waals surface area contributed by atoms with Crippen LogP contribution in [0.4, 0.5) is 4.79 Å². The minimum atomic E-state index is -1.61. The Hall–Kier alpha value is -7.33. The molecule has 0 unspecified atom stereocenters. The number of nitrogens with zero attached hydrogens (tertiary/aromatic N) is 1. The van der Waals surface area contributed by atoms with Gasteiger partial charge in [-0.05, 0) is 104 Å². The number of guanidine groups is 1. The lowest BCUT2D eigenvalue weighted by atomic mass is 9.95. The number of nitrogens with two attached hydrogens (primary N) is 4. The van der Waals surface area contributed by atoms with E-state index in [2.05, 4.69) is 58.2 Å². The monoisotopic (exact) mass is 1110 g/mol. The molecule has 19 N–H and O–H groups in total. The molecule has 0 saturated carbocycles. The number of nitrogens with one attached hydrogen (secondary N) is 10. The molecule has 29 nitrogen and oxygen atoms in total. The summed E-state index contributed by atoms with van der Waals surface area (Å²) in [6, 6.07) is -11.9. The lowest BCUT2D eigenvalue weighted by molar-refractivity contribution is -0.138. The number of carbonyl (C=O) groups is 12. The van der Waals surface area contributed by atoms with Gasteiger partial charge in [0.1, 0.15) is 66.5 Å². The number of hydrogen-bond donors (Lipinski definition) is 15. The normalized spacial score (nSPS) is 15.1. The van der Waals surface area contributed by atoms with Crippen LogP contribution in [-0.2, 0) is 57.5 Å². The average Bonchev–Trinajstić information content (AvgIpc) is 3.32. The molecule has 0 heterocycles. The zero-order valence-electron chi connectivity index (χ0n) is 47.2. The summed E-state index contributed by atoms with van der Waals surface area (Å²) in [4.78, 5) is 162. The number of unbranched alkanes of at least 4 members (excludes halogenated alkanes) is 1. The van der Waals surface area contributed by atoms with Crippen LogP contribution < -0.4 is 76.1 Å². The van der Waals surface area contributed by atoms with Crippen molar-refractivity contribution in [1.82, 2.24) is 53.2 Å². The molecule has 0 saturated heterocycles. The Kier molecular flexibility index (Phi) is 31.9. The van der Waals surface area contributed by atoms with Gasteiger partial charge in [0.15, 0.2) is 5.96 Å². The van der Waals surface area contributed by atoms with Gasteiger partial charge in [-0.3, -0.25) is 57.7 Å². The Bertz CT molecular complexity index is 2100. The molecule has 0 bridgehead atoms. The number of aliphatic carboxylic acids is 1. The van der Waals surface area contributed by atoms with Gasteiger partial charge in [0.25, 0.3) is 0 Å². The molecular weight excluding hydrogens is 1020 g/mol. The van der Waals surface area contributed by atoms with E-state index in [1.54, 1.807) is 62.3 Å². The number of amides is 11. The molecule has 0 aliphatic carbocycles. The van der Waals surface area contributed by atoms with E-state index in [0.29, 0.717) is 19.3 Å². The summed E-state index contributed by atoms with van der Waals surface area (Å²) in [6.45, 7) is 18.7. The maximum Gasteiger partial charge on any atom is 0.408 e. The predicted molar refractivity (Wildman–Crippen MR) is 287 cm³/mol. The molecule has 10 atom stereocenters. The van der Waals surface area contributed by atoms with Crippen molar-refractivity contribution in [3.63, 3.8) is 0 Å². The molecular formula is C49H89N15O14. The summed E-state index contributed by atoms with van der Waals surface area (Å²) in [5.74, 6) is -11.4. The van der Waals surface area contributed by atoms with Gasteiger partial charge in [0.05, 0.1) is 6.42 Å². The van der Waals surface area contributed by atoms with E-state index in [9.17, 15) is 57.5 Å². The van der Waals surface area contributed by atoms with Crippen LogP contribution in [0.3, 0.4) is 0 Å². The first-order valence-electron chi connectivity index (χ1n) is 26.1. The number of aliphatic imine (C=N–C) groups is 1. The van der Waals surface area contributed by atoms with Crippen LogP contribution in [0.15, 0.2) is 4.99 Å². The van der Waals surface area contributed by atoms with Crippen LogP contribution in [0.25, 0.3) is 0 Å². The van der Waals surface area contributed by atoms with E-state index < -0.39 is 156 Å². The quantitative estimate of drug-likeness (QED) is 0.0169. The number of carbonyl (C=O) groups excluding carboxylic acids is 11. The van der Waals surface area contributed by atoms with Crippen LogP contribution in [-0.4, -0.2) is 162 Å². The number of primary amides is 1. The minimum Gasteiger partial charge on any atom is -0.480 e. The molecule has 78 heavy (non-hydrogen) atoms. The molecule has 0 aliphatic heterocycles. The summed E-state index contributed by atoms with van der Waals surface area (Å²) in [5, 5.41) is 33.7. The van der Waals surface area contributed by atoms with E-state index in [0.717, 1.165) is 0 Å². The van der Waals surface area contributed by atoms with Gasteiger partial charge >= 0.3 is 12.1 Å². The third-order valence-electron chi connectivity index (χ3n) is 11.6. The molecule has 0 radical (unpaired) electrons. The van der Waals surface area contributed by atoms with Gasteiger partial charge in [-0.15, -0.1) is 0 Å². The fourth-order valence-electron chi connectivity index (χ4n) is 7.14. The highest BCUT2D eigenvalue weighted by Crippen LogP contribution is 2.14. The summed E-state index contributed by atoms with van der Waals surface area (Å²) >= 11 is 0. The third kappa shape index (κ3) is 28.7. The lowest BCUT2D eigenvalue weighted by Gasteiger charge is -2.30. The number of ether oxygens (including phenoxy) is 1. The first kappa shape index (κ1) is 70.7. The fraction of sp³-hybridized carbons (Fsp3) is 0.735. The Morgan fingerprint density at radius 2 is 0.987 bits per heavy atom. The second-order valence-corrected chi connectivity index (χ2v) is 20.8. The first-order valence-corrected chi connectivity index (χ1v) is 26.1. The molecule has 0 fully saturated rings. The second-order valence-electron chi connectivity index (χ2n) is 20.8. The number of hydrogen-bond acceptors (Lipinski definition) is 15. The Balaban J connectivity index is 6.57. The molecule has 11 amide bonds. The molecule has 0 aliphatic rings. The minimum absolute atomic E-state index is 0.00767. The lowest BCUT2D eigenvalue weighted by Crippen LogP contribution is -2.62. The molecule has 29 heteroatoms. The molecule has 0 aromatic rings. The van der Waals surface area contributed by atoms with Gasteiger partial charge in [-0.1, -0.05) is 48.0 Å². The molecule has 444 valence electrons. The number of carboxylic acids is 1. The maximum absolute atomic E-state index is 14.3. The summed E-state index contributed by atoms with van der Waals surface area (Å²) in [5.41, 5.74) is 21.3. The number of carboxylic acid groups (broad SMARTS) is 1. The maximum atomic E-state index is 14.3. The zero-order chi connectivity index (χ0) is 60.2. The smallest absolute Gasteiger partial charge is 0.408 e. The van der Waals surface area contributed by atoms with Gasteiger partial charge < -0.3 is 85.9 Å². The fourth-order valence-corrected chi connectivity index (χ4v) is 7.14. The van der Waals surface area contributed by atoms with E-state index in [4.69, 9.17) is 32.8 Å². The highest BCUT2D eigenvalue weighted by atomic mass is 16.6.